The number of amides is 1. The van der Waals surface area contributed by atoms with Gasteiger partial charge in [0.15, 0.2) is 0 Å². The highest BCUT2D eigenvalue weighted by Gasteiger charge is 2.10. The summed E-state index contributed by atoms with van der Waals surface area (Å²) in [5.41, 5.74) is 5.69. The molecule has 0 aliphatic rings. The lowest BCUT2D eigenvalue weighted by atomic mass is 10.1. The molecule has 1 aromatic carbocycles. The largest absolute Gasteiger partial charge is 0.493 e. The Bertz CT molecular complexity index is 377. The van der Waals surface area contributed by atoms with E-state index in [2.05, 4.69) is 29.8 Å². The van der Waals surface area contributed by atoms with Crippen LogP contribution in [0.15, 0.2) is 22.7 Å². The molecule has 0 heterocycles. The van der Waals surface area contributed by atoms with Crippen molar-refractivity contribution in [3.63, 3.8) is 0 Å². The van der Waals surface area contributed by atoms with Crippen molar-refractivity contribution in [3.8, 4) is 5.75 Å². The maximum Gasteiger partial charge on any atom is 0.252 e. The van der Waals surface area contributed by atoms with Crippen molar-refractivity contribution in [2.45, 2.75) is 20.3 Å². The summed E-state index contributed by atoms with van der Waals surface area (Å²) in [5, 5.41) is 0. The van der Waals surface area contributed by atoms with Gasteiger partial charge in [-0.05, 0) is 30.5 Å². The second kappa shape index (κ2) is 5.89. The average molecular weight is 286 g/mol. The lowest BCUT2D eigenvalue weighted by molar-refractivity contribution is 0.0996. The summed E-state index contributed by atoms with van der Waals surface area (Å²) < 4.78 is 6.36. The van der Waals surface area contributed by atoms with Crippen LogP contribution in [0.1, 0.15) is 30.6 Å². The number of halogens is 1. The van der Waals surface area contributed by atoms with Crippen molar-refractivity contribution in [2.75, 3.05) is 6.61 Å². The maximum absolute atomic E-state index is 11.2. The van der Waals surface area contributed by atoms with Crippen LogP contribution in [0.4, 0.5) is 0 Å². The molecular formula is C12H16BrNO2. The Morgan fingerprint density at radius 2 is 2.19 bits per heavy atom. The minimum atomic E-state index is -0.471. The third-order valence-electron chi connectivity index (χ3n) is 2.16. The van der Waals surface area contributed by atoms with Gasteiger partial charge >= 0.3 is 0 Å². The Labute approximate surface area is 104 Å². The predicted octanol–water partition coefficient (Wildman–Crippen LogP) is 2.97. The van der Waals surface area contributed by atoms with E-state index >= 15 is 0 Å². The molecule has 0 saturated heterocycles. The molecule has 1 rings (SSSR count). The molecule has 0 aliphatic heterocycles. The van der Waals surface area contributed by atoms with Crippen LogP contribution in [0, 0.1) is 5.92 Å². The van der Waals surface area contributed by atoms with Gasteiger partial charge in [-0.15, -0.1) is 0 Å². The molecule has 1 amide bonds. The number of benzene rings is 1. The van der Waals surface area contributed by atoms with Crippen LogP contribution in [0.2, 0.25) is 0 Å². The first-order valence-corrected chi connectivity index (χ1v) is 6.02. The molecule has 16 heavy (non-hydrogen) atoms. The number of hydrogen-bond acceptors (Lipinski definition) is 2. The fourth-order valence-corrected chi connectivity index (χ4v) is 1.59. The third-order valence-corrected chi connectivity index (χ3v) is 2.65. The first-order chi connectivity index (χ1) is 7.50. The molecule has 0 unspecified atom stereocenters. The average Bonchev–Trinajstić information content (AvgIpc) is 2.19. The Morgan fingerprint density at radius 3 is 2.75 bits per heavy atom. The van der Waals surface area contributed by atoms with Crippen molar-refractivity contribution in [1.82, 2.24) is 0 Å². The lowest BCUT2D eigenvalue weighted by Gasteiger charge is -2.11. The summed E-state index contributed by atoms with van der Waals surface area (Å²) in [5.74, 6) is 0.657. The fourth-order valence-electron chi connectivity index (χ4n) is 1.23. The lowest BCUT2D eigenvalue weighted by Crippen LogP contribution is -2.13. The van der Waals surface area contributed by atoms with Crippen LogP contribution in [0.3, 0.4) is 0 Å². The van der Waals surface area contributed by atoms with Gasteiger partial charge in [-0.25, -0.2) is 0 Å². The molecule has 0 aliphatic carbocycles. The highest BCUT2D eigenvalue weighted by molar-refractivity contribution is 9.10. The number of carbonyl (C=O) groups excluding carboxylic acids is 1. The first-order valence-electron chi connectivity index (χ1n) is 5.23. The quantitative estimate of drug-likeness (QED) is 0.904. The number of nitrogens with two attached hydrogens (primary N) is 1. The third kappa shape index (κ3) is 3.85. The summed E-state index contributed by atoms with van der Waals surface area (Å²) in [7, 11) is 0. The molecule has 0 fully saturated rings. The van der Waals surface area contributed by atoms with Crippen molar-refractivity contribution in [3.05, 3.63) is 28.2 Å². The zero-order chi connectivity index (χ0) is 12.1. The number of ether oxygens (including phenoxy) is 1. The Hall–Kier alpha value is -1.03. The van der Waals surface area contributed by atoms with Crippen LogP contribution in [0.5, 0.6) is 5.75 Å². The molecule has 0 spiro atoms. The first kappa shape index (κ1) is 13.0. The summed E-state index contributed by atoms with van der Waals surface area (Å²) >= 11 is 3.29. The van der Waals surface area contributed by atoms with Gasteiger partial charge in [-0.2, -0.15) is 0 Å². The van der Waals surface area contributed by atoms with Gasteiger partial charge in [-0.3, -0.25) is 4.79 Å². The van der Waals surface area contributed by atoms with E-state index in [0.29, 0.717) is 23.8 Å². The van der Waals surface area contributed by atoms with E-state index in [1.165, 1.54) is 0 Å². The minimum Gasteiger partial charge on any atom is -0.493 e. The van der Waals surface area contributed by atoms with Crippen LogP contribution in [-0.2, 0) is 0 Å². The van der Waals surface area contributed by atoms with E-state index in [9.17, 15) is 4.79 Å². The van der Waals surface area contributed by atoms with Gasteiger partial charge in [0.05, 0.1) is 12.2 Å². The number of rotatable bonds is 5. The summed E-state index contributed by atoms with van der Waals surface area (Å²) in [6.45, 7) is 4.85. The van der Waals surface area contributed by atoms with Crippen LogP contribution in [0.25, 0.3) is 0 Å². The van der Waals surface area contributed by atoms with Crippen molar-refractivity contribution < 1.29 is 9.53 Å². The van der Waals surface area contributed by atoms with E-state index in [1.807, 2.05) is 6.07 Å². The zero-order valence-corrected chi connectivity index (χ0v) is 11.1. The van der Waals surface area contributed by atoms with Gasteiger partial charge in [0.1, 0.15) is 5.75 Å². The second-order valence-corrected chi connectivity index (χ2v) is 4.95. The summed E-state index contributed by atoms with van der Waals surface area (Å²) in [6, 6.07) is 5.26. The van der Waals surface area contributed by atoms with Gasteiger partial charge in [0.25, 0.3) is 5.91 Å². The molecule has 3 nitrogen and oxygen atoms in total. The summed E-state index contributed by atoms with van der Waals surface area (Å²) in [4.78, 5) is 11.2. The monoisotopic (exact) mass is 285 g/mol. The molecule has 0 bridgehead atoms. The van der Waals surface area contributed by atoms with E-state index in [4.69, 9.17) is 10.5 Å². The Balaban J connectivity index is 2.75. The van der Waals surface area contributed by atoms with Crippen LogP contribution < -0.4 is 10.5 Å². The minimum absolute atomic E-state index is 0.415. The van der Waals surface area contributed by atoms with E-state index in [-0.39, 0.29) is 0 Å². The second-order valence-electron chi connectivity index (χ2n) is 4.04. The normalized spacial score (nSPS) is 10.5. The molecule has 0 aromatic heterocycles. The molecule has 2 N–H and O–H groups in total. The highest BCUT2D eigenvalue weighted by Crippen LogP contribution is 2.23. The number of hydrogen-bond donors (Lipinski definition) is 1. The molecule has 1 aromatic rings. The maximum atomic E-state index is 11.2. The SMILES string of the molecule is CC(C)CCOc1ccc(Br)cc1C(N)=O. The Kier molecular flexibility index (Phi) is 4.80. The van der Waals surface area contributed by atoms with E-state index < -0.39 is 5.91 Å². The van der Waals surface area contributed by atoms with E-state index in [1.54, 1.807) is 12.1 Å². The van der Waals surface area contributed by atoms with Crippen molar-refractivity contribution in [1.29, 1.82) is 0 Å². The van der Waals surface area contributed by atoms with Crippen molar-refractivity contribution in [2.24, 2.45) is 11.7 Å². The van der Waals surface area contributed by atoms with Crippen molar-refractivity contribution >= 4 is 21.8 Å². The predicted molar refractivity (Wildman–Crippen MR) is 67.6 cm³/mol. The van der Waals surface area contributed by atoms with E-state index in [0.717, 1.165) is 10.9 Å². The fraction of sp³-hybridized carbons (Fsp3) is 0.417. The molecule has 0 saturated carbocycles. The molecular weight excluding hydrogens is 270 g/mol. The number of primary amides is 1. The van der Waals surface area contributed by atoms with Gasteiger partial charge in [-0.1, -0.05) is 29.8 Å². The smallest absolute Gasteiger partial charge is 0.252 e. The van der Waals surface area contributed by atoms with Crippen LogP contribution >= 0.6 is 15.9 Å². The Morgan fingerprint density at radius 1 is 1.50 bits per heavy atom. The standard InChI is InChI=1S/C12H16BrNO2/c1-8(2)5-6-16-11-4-3-9(13)7-10(11)12(14)15/h3-4,7-8H,5-6H2,1-2H3,(H2,14,15). The topological polar surface area (TPSA) is 52.3 Å². The summed E-state index contributed by atoms with van der Waals surface area (Å²) in [6.07, 6.45) is 0.953. The molecule has 0 atom stereocenters. The van der Waals surface area contributed by atoms with Gasteiger partial charge < -0.3 is 10.5 Å². The number of carbonyl (C=O) groups is 1. The zero-order valence-electron chi connectivity index (χ0n) is 9.50. The molecule has 88 valence electrons. The molecule has 0 radical (unpaired) electrons. The van der Waals surface area contributed by atoms with Gasteiger partial charge in [0.2, 0.25) is 0 Å². The van der Waals surface area contributed by atoms with Crippen LogP contribution in [-0.4, -0.2) is 12.5 Å². The highest BCUT2D eigenvalue weighted by atomic mass is 79.9. The van der Waals surface area contributed by atoms with Gasteiger partial charge in [0, 0.05) is 4.47 Å². The molecule has 4 heteroatoms.